The molecule has 0 saturated carbocycles. The Labute approximate surface area is 196 Å². The number of ether oxygens (including phenoxy) is 1. The van der Waals surface area contributed by atoms with Gasteiger partial charge in [0.05, 0.1) is 11.6 Å². The van der Waals surface area contributed by atoms with E-state index in [-0.39, 0.29) is 24.0 Å². The molecule has 0 aliphatic carbocycles. The summed E-state index contributed by atoms with van der Waals surface area (Å²) in [6.07, 6.45) is 0.780. The highest BCUT2D eigenvalue weighted by Gasteiger charge is 2.46. The largest absolute Gasteiger partial charge is 0.507 e. The Hall–Kier alpha value is -3.57. The fourth-order valence-corrected chi connectivity index (χ4v) is 4.67. The van der Waals surface area contributed by atoms with E-state index >= 15 is 0 Å². The first-order valence-corrected chi connectivity index (χ1v) is 11.2. The van der Waals surface area contributed by atoms with Crippen molar-refractivity contribution in [1.29, 1.82) is 0 Å². The van der Waals surface area contributed by atoms with Crippen LogP contribution >= 0.6 is 11.6 Å². The molecule has 0 radical (unpaired) electrons. The third-order valence-corrected chi connectivity index (χ3v) is 6.34. The fraction of sp³-hybridized carbons (Fsp3) is 0.185. The smallest absolute Gasteiger partial charge is 0.295 e. The van der Waals surface area contributed by atoms with Crippen LogP contribution in [0.15, 0.2) is 78.4 Å². The molecule has 33 heavy (non-hydrogen) atoms. The van der Waals surface area contributed by atoms with Gasteiger partial charge in [0.25, 0.3) is 11.7 Å². The van der Waals surface area contributed by atoms with Crippen molar-refractivity contribution in [3.8, 4) is 5.75 Å². The molecule has 0 bridgehead atoms. The quantitative estimate of drug-likeness (QED) is 0.327. The Kier molecular flexibility index (Phi) is 5.43. The third kappa shape index (κ3) is 3.89. The Morgan fingerprint density at radius 1 is 1.06 bits per heavy atom. The van der Waals surface area contributed by atoms with Crippen molar-refractivity contribution in [1.82, 2.24) is 4.90 Å². The SMILES string of the molecule is C[C@@H]1Cc2cc(/C(O)=C3\C(=O)C(=O)N(Cc4ccccc4)[C@H]3c3ccc(Cl)cc3)ccc2O1. The van der Waals surface area contributed by atoms with Gasteiger partial charge in [0.15, 0.2) is 0 Å². The predicted octanol–water partition coefficient (Wildman–Crippen LogP) is 5.29. The molecule has 2 aliphatic rings. The summed E-state index contributed by atoms with van der Waals surface area (Å²) in [5, 5.41) is 11.8. The minimum atomic E-state index is -0.731. The molecule has 1 amide bonds. The van der Waals surface area contributed by atoms with E-state index in [2.05, 4.69) is 0 Å². The van der Waals surface area contributed by atoms with Crippen molar-refractivity contribution < 1.29 is 19.4 Å². The second-order valence-corrected chi connectivity index (χ2v) is 8.86. The summed E-state index contributed by atoms with van der Waals surface area (Å²) in [7, 11) is 0. The fourth-order valence-electron chi connectivity index (χ4n) is 4.54. The number of ketones is 1. The van der Waals surface area contributed by atoms with Crippen molar-refractivity contribution in [3.63, 3.8) is 0 Å². The number of benzene rings is 3. The molecule has 3 aromatic rings. The number of aliphatic hydroxyl groups is 1. The Balaban J connectivity index is 1.62. The van der Waals surface area contributed by atoms with Crippen molar-refractivity contribution in [2.24, 2.45) is 0 Å². The molecule has 166 valence electrons. The number of Topliss-reactive ketones (excluding diaryl/α,β-unsaturated/α-hetero) is 1. The van der Waals surface area contributed by atoms with Crippen molar-refractivity contribution in [2.75, 3.05) is 0 Å². The van der Waals surface area contributed by atoms with Gasteiger partial charge in [0.2, 0.25) is 0 Å². The number of fused-ring (bicyclic) bond motifs is 1. The maximum atomic E-state index is 13.2. The maximum absolute atomic E-state index is 13.2. The molecule has 3 aromatic carbocycles. The number of hydrogen-bond acceptors (Lipinski definition) is 4. The highest BCUT2D eigenvalue weighted by atomic mass is 35.5. The highest BCUT2D eigenvalue weighted by molar-refractivity contribution is 6.46. The van der Waals surface area contributed by atoms with Gasteiger partial charge in [-0.2, -0.15) is 0 Å². The lowest BCUT2D eigenvalue weighted by molar-refractivity contribution is -0.140. The van der Waals surface area contributed by atoms with Crippen LogP contribution in [0.25, 0.3) is 5.76 Å². The van der Waals surface area contributed by atoms with Gasteiger partial charge in [-0.3, -0.25) is 9.59 Å². The number of rotatable bonds is 4. The van der Waals surface area contributed by atoms with Gasteiger partial charge in [-0.05, 0) is 53.9 Å². The molecular formula is C27H22ClNO4. The lowest BCUT2D eigenvalue weighted by Gasteiger charge is -2.25. The van der Waals surface area contributed by atoms with Crippen LogP contribution in [0, 0.1) is 0 Å². The van der Waals surface area contributed by atoms with Crippen LogP contribution in [-0.2, 0) is 22.6 Å². The number of likely N-dealkylation sites (tertiary alicyclic amines) is 1. The molecule has 0 spiro atoms. The van der Waals surface area contributed by atoms with Gasteiger partial charge >= 0.3 is 0 Å². The molecule has 2 aliphatic heterocycles. The van der Waals surface area contributed by atoms with Gasteiger partial charge in [0.1, 0.15) is 17.6 Å². The Bertz CT molecular complexity index is 1270. The molecule has 1 saturated heterocycles. The second-order valence-electron chi connectivity index (χ2n) is 8.42. The first-order valence-electron chi connectivity index (χ1n) is 10.8. The lowest BCUT2D eigenvalue weighted by Crippen LogP contribution is -2.29. The van der Waals surface area contributed by atoms with E-state index in [1.54, 1.807) is 36.4 Å². The monoisotopic (exact) mass is 459 g/mol. The number of nitrogens with zero attached hydrogens (tertiary/aromatic N) is 1. The number of carbonyl (C=O) groups excluding carboxylic acids is 2. The number of hydrogen-bond donors (Lipinski definition) is 1. The van der Waals surface area contributed by atoms with E-state index in [1.165, 1.54) is 4.90 Å². The van der Waals surface area contributed by atoms with Crippen LogP contribution in [-0.4, -0.2) is 27.8 Å². The van der Waals surface area contributed by atoms with E-state index in [1.807, 2.05) is 43.3 Å². The summed E-state index contributed by atoms with van der Waals surface area (Å²) in [5.74, 6) is -0.754. The molecule has 0 unspecified atom stereocenters. The van der Waals surface area contributed by atoms with E-state index in [4.69, 9.17) is 16.3 Å². The van der Waals surface area contributed by atoms with Crippen molar-refractivity contribution in [2.45, 2.75) is 32.0 Å². The van der Waals surface area contributed by atoms with Crippen LogP contribution in [0.1, 0.15) is 35.2 Å². The van der Waals surface area contributed by atoms with E-state index < -0.39 is 17.7 Å². The van der Waals surface area contributed by atoms with Gasteiger partial charge in [-0.15, -0.1) is 0 Å². The average molecular weight is 460 g/mol. The average Bonchev–Trinajstić information content (AvgIpc) is 3.31. The minimum Gasteiger partial charge on any atom is -0.507 e. The van der Waals surface area contributed by atoms with Gasteiger partial charge in [0, 0.05) is 23.6 Å². The molecular weight excluding hydrogens is 438 g/mol. The molecule has 6 heteroatoms. The highest BCUT2D eigenvalue weighted by Crippen LogP contribution is 2.41. The van der Waals surface area contributed by atoms with Crippen LogP contribution in [0.3, 0.4) is 0 Å². The molecule has 2 atom stereocenters. The van der Waals surface area contributed by atoms with Gasteiger partial charge in [-0.25, -0.2) is 0 Å². The normalized spacial score (nSPS) is 21.2. The summed E-state index contributed by atoms with van der Waals surface area (Å²) in [6.45, 7) is 2.22. The Morgan fingerprint density at radius 2 is 1.79 bits per heavy atom. The molecule has 0 aromatic heterocycles. The van der Waals surface area contributed by atoms with Crippen LogP contribution < -0.4 is 4.74 Å². The van der Waals surface area contributed by atoms with Crippen molar-refractivity contribution >= 4 is 29.1 Å². The molecule has 5 nitrogen and oxygen atoms in total. The summed E-state index contributed by atoms with van der Waals surface area (Å²) in [5.41, 5.74) is 3.12. The third-order valence-electron chi connectivity index (χ3n) is 6.09. The van der Waals surface area contributed by atoms with E-state index in [0.29, 0.717) is 16.1 Å². The zero-order valence-electron chi connectivity index (χ0n) is 18.0. The first kappa shape index (κ1) is 21.3. The standard InChI is InChI=1S/C27H22ClNO4/c1-16-13-20-14-19(9-12-22(20)33-16)25(30)23-24(18-7-10-21(28)11-8-18)29(27(32)26(23)31)15-17-5-3-2-4-6-17/h2-12,14,16,24,30H,13,15H2,1H3/b25-23+/t16-,24+/m1/s1. The second kappa shape index (κ2) is 8.41. The van der Waals surface area contributed by atoms with Crippen LogP contribution in [0.5, 0.6) is 5.75 Å². The number of aliphatic hydroxyl groups excluding tert-OH is 1. The number of amides is 1. The van der Waals surface area contributed by atoms with Gasteiger partial charge in [-0.1, -0.05) is 54.1 Å². The molecule has 1 fully saturated rings. The molecule has 5 rings (SSSR count). The zero-order chi connectivity index (χ0) is 23.1. The van der Waals surface area contributed by atoms with E-state index in [9.17, 15) is 14.7 Å². The van der Waals surface area contributed by atoms with Crippen LogP contribution in [0.4, 0.5) is 0 Å². The lowest BCUT2D eigenvalue weighted by atomic mass is 9.94. The Morgan fingerprint density at radius 3 is 2.52 bits per heavy atom. The summed E-state index contributed by atoms with van der Waals surface area (Å²) < 4.78 is 5.75. The maximum Gasteiger partial charge on any atom is 0.295 e. The number of halogens is 1. The minimum absolute atomic E-state index is 0.0583. The van der Waals surface area contributed by atoms with Crippen molar-refractivity contribution in [3.05, 3.63) is 106 Å². The summed E-state index contributed by atoms with van der Waals surface area (Å²) in [4.78, 5) is 27.8. The van der Waals surface area contributed by atoms with Crippen LogP contribution in [0.2, 0.25) is 5.02 Å². The topological polar surface area (TPSA) is 66.8 Å². The van der Waals surface area contributed by atoms with E-state index in [0.717, 1.165) is 23.3 Å². The zero-order valence-corrected chi connectivity index (χ0v) is 18.8. The number of carbonyl (C=O) groups is 2. The van der Waals surface area contributed by atoms with Gasteiger partial charge < -0.3 is 14.7 Å². The molecule has 2 heterocycles. The summed E-state index contributed by atoms with van der Waals surface area (Å²) in [6, 6.07) is 21.1. The summed E-state index contributed by atoms with van der Waals surface area (Å²) >= 11 is 6.08. The molecule has 1 N–H and O–H groups in total. The first-order chi connectivity index (χ1) is 15.9. The predicted molar refractivity (Wildman–Crippen MR) is 126 cm³/mol.